The Morgan fingerprint density at radius 1 is 1.10 bits per heavy atom. The van der Waals surface area contributed by atoms with E-state index in [1.807, 2.05) is 0 Å². The van der Waals surface area contributed by atoms with E-state index in [0.29, 0.717) is 5.58 Å². The summed E-state index contributed by atoms with van der Waals surface area (Å²) in [5, 5.41) is 0.868. The maximum absolute atomic E-state index is 12.1. The first kappa shape index (κ1) is 14.1. The zero-order valence-electron chi connectivity index (χ0n) is 11.7. The van der Waals surface area contributed by atoms with Gasteiger partial charge in [0.25, 0.3) is 0 Å². The zero-order chi connectivity index (χ0) is 15.0. The highest BCUT2D eigenvalue weighted by molar-refractivity contribution is 7.86. The Labute approximate surface area is 122 Å². The van der Waals surface area contributed by atoms with Crippen LogP contribution in [0.5, 0.6) is 5.75 Å². The molecule has 1 aromatic carbocycles. The summed E-state index contributed by atoms with van der Waals surface area (Å²) in [5.41, 5.74) is 1.85. The SMILES string of the molecule is CS(=O)(=O)Oc1ccc2c3c(c(=O)oc2c1)CCCCC3. The average Bonchev–Trinajstić information content (AvgIpc) is 2.62. The molecule has 1 aliphatic carbocycles. The maximum Gasteiger partial charge on any atom is 0.339 e. The molecule has 0 saturated heterocycles. The number of benzene rings is 1. The van der Waals surface area contributed by atoms with Crippen molar-refractivity contribution in [2.24, 2.45) is 0 Å². The van der Waals surface area contributed by atoms with Crippen molar-refractivity contribution in [3.05, 3.63) is 39.7 Å². The lowest BCUT2D eigenvalue weighted by molar-refractivity contribution is 0.491. The van der Waals surface area contributed by atoms with E-state index in [4.69, 9.17) is 8.60 Å². The second-order valence-electron chi connectivity index (χ2n) is 5.35. The Hall–Kier alpha value is -1.82. The lowest BCUT2D eigenvalue weighted by Gasteiger charge is -2.09. The molecule has 0 spiro atoms. The number of hydrogen-bond acceptors (Lipinski definition) is 5. The van der Waals surface area contributed by atoms with Crippen LogP contribution in [0, 0.1) is 0 Å². The summed E-state index contributed by atoms with van der Waals surface area (Å²) in [6.07, 6.45) is 5.72. The minimum atomic E-state index is -3.60. The smallest absolute Gasteiger partial charge is 0.339 e. The molecule has 0 aliphatic heterocycles. The molecule has 0 atom stereocenters. The van der Waals surface area contributed by atoms with Gasteiger partial charge in [-0.1, -0.05) is 6.42 Å². The first-order valence-electron chi connectivity index (χ1n) is 6.92. The molecule has 0 radical (unpaired) electrons. The van der Waals surface area contributed by atoms with Gasteiger partial charge in [-0.25, -0.2) is 4.79 Å². The lowest BCUT2D eigenvalue weighted by Crippen LogP contribution is -2.11. The van der Waals surface area contributed by atoms with Crippen molar-refractivity contribution in [3.8, 4) is 5.75 Å². The summed E-state index contributed by atoms with van der Waals surface area (Å²) in [4.78, 5) is 12.1. The molecule has 1 aromatic heterocycles. The lowest BCUT2D eigenvalue weighted by atomic mass is 10.0. The summed E-state index contributed by atoms with van der Waals surface area (Å²) in [6.45, 7) is 0. The van der Waals surface area contributed by atoms with Crippen LogP contribution in [0.25, 0.3) is 11.0 Å². The minimum absolute atomic E-state index is 0.154. The molecule has 1 aliphatic rings. The number of fused-ring (bicyclic) bond motifs is 3. The van der Waals surface area contributed by atoms with Crippen LogP contribution in [0.3, 0.4) is 0 Å². The van der Waals surface area contributed by atoms with Crippen LogP contribution in [0.2, 0.25) is 0 Å². The Morgan fingerprint density at radius 3 is 2.52 bits per heavy atom. The summed E-state index contributed by atoms with van der Waals surface area (Å²) in [5.74, 6) is 0.154. The first-order chi connectivity index (χ1) is 9.94. The average molecular weight is 308 g/mol. The van der Waals surface area contributed by atoms with E-state index in [2.05, 4.69) is 0 Å². The predicted octanol–water partition coefficient (Wildman–Crippen LogP) is 2.40. The molecule has 1 heterocycles. The largest absolute Gasteiger partial charge is 0.422 e. The first-order valence-corrected chi connectivity index (χ1v) is 8.74. The van der Waals surface area contributed by atoms with Crippen molar-refractivity contribution < 1.29 is 17.0 Å². The van der Waals surface area contributed by atoms with Crippen molar-refractivity contribution in [3.63, 3.8) is 0 Å². The van der Waals surface area contributed by atoms with Crippen molar-refractivity contribution in [2.75, 3.05) is 6.26 Å². The maximum atomic E-state index is 12.1. The topological polar surface area (TPSA) is 73.6 Å². The summed E-state index contributed by atoms with van der Waals surface area (Å²) in [6, 6.07) is 4.82. The fourth-order valence-corrected chi connectivity index (χ4v) is 3.28. The van der Waals surface area contributed by atoms with Crippen molar-refractivity contribution in [1.29, 1.82) is 0 Å². The molecule has 0 fully saturated rings. The van der Waals surface area contributed by atoms with E-state index in [-0.39, 0.29) is 11.4 Å². The second kappa shape index (κ2) is 5.18. The zero-order valence-corrected chi connectivity index (χ0v) is 12.5. The van der Waals surface area contributed by atoms with Crippen LogP contribution < -0.4 is 9.81 Å². The standard InChI is InChI=1S/C15H16O5S/c1-21(17,18)20-10-7-8-12-11-5-3-2-4-6-13(11)15(16)19-14(12)9-10/h7-9H,2-6H2,1H3. The van der Waals surface area contributed by atoms with Gasteiger partial charge in [-0.3, -0.25) is 0 Å². The molecule has 0 saturated carbocycles. The monoisotopic (exact) mass is 308 g/mol. The van der Waals surface area contributed by atoms with Crippen LogP contribution in [0.15, 0.2) is 27.4 Å². The minimum Gasteiger partial charge on any atom is -0.422 e. The quantitative estimate of drug-likeness (QED) is 0.484. The van der Waals surface area contributed by atoms with Gasteiger partial charge in [-0.2, -0.15) is 8.42 Å². The van der Waals surface area contributed by atoms with Gasteiger partial charge in [0, 0.05) is 17.0 Å². The Balaban J connectivity index is 2.18. The van der Waals surface area contributed by atoms with E-state index in [0.717, 1.165) is 54.9 Å². The number of aryl methyl sites for hydroxylation is 1. The van der Waals surface area contributed by atoms with Gasteiger partial charge in [0.15, 0.2) is 0 Å². The Bertz CT molecular complexity index is 848. The van der Waals surface area contributed by atoms with Crippen molar-refractivity contribution >= 4 is 21.1 Å². The van der Waals surface area contributed by atoms with Crippen molar-refractivity contribution in [2.45, 2.75) is 32.1 Å². The fourth-order valence-electron chi connectivity index (χ4n) is 2.83. The van der Waals surface area contributed by atoms with E-state index < -0.39 is 10.1 Å². The number of rotatable bonds is 2. The molecule has 0 N–H and O–H groups in total. The highest BCUT2D eigenvalue weighted by atomic mass is 32.2. The summed E-state index contributed by atoms with van der Waals surface area (Å²) < 4.78 is 32.5. The summed E-state index contributed by atoms with van der Waals surface area (Å²) >= 11 is 0. The molecule has 0 bridgehead atoms. The van der Waals surface area contributed by atoms with Gasteiger partial charge in [0.1, 0.15) is 11.3 Å². The Kier molecular flexibility index (Phi) is 3.49. The van der Waals surface area contributed by atoms with E-state index in [1.165, 1.54) is 6.07 Å². The van der Waals surface area contributed by atoms with E-state index in [9.17, 15) is 13.2 Å². The molecule has 3 rings (SSSR count). The molecule has 5 nitrogen and oxygen atoms in total. The third-order valence-electron chi connectivity index (χ3n) is 3.69. The number of hydrogen-bond donors (Lipinski definition) is 0. The predicted molar refractivity (Wildman–Crippen MR) is 79.2 cm³/mol. The molecule has 2 aromatic rings. The van der Waals surface area contributed by atoms with Gasteiger partial charge in [0.2, 0.25) is 0 Å². The van der Waals surface area contributed by atoms with Crippen LogP contribution in [0.4, 0.5) is 0 Å². The molecule has 112 valence electrons. The van der Waals surface area contributed by atoms with Crippen LogP contribution in [-0.2, 0) is 23.0 Å². The van der Waals surface area contributed by atoms with E-state index >= 15 is 0 Å². The normalized spacial score (nSPS) is 15.5. The van der Waals surface area contributed by atoms with Crippen LogP contribution in [0.1, 0.15) is 30.4 Å². The molecular weight excluding hydrogens is 292 g/mol. The fraction of sp³-hybridized carbons (Fsp3) is 0.400. The third kappa shape index (κ3) is 2.95. The molecule has 21 heavy (non-hydrogen) atoms. The molecule has 0 unspecified atom stereocenters. The highest BCUT2D eigenvalue weighted by Gasteiger charge is 2.17. The second-order valence-corrected chi connectivity index (χ2v) is 6.93. The van der Waals surface area contributed by atoms with Gasteiger partial charge in [-0.05, 0) is 43.4 Å². The van der Waals surface area contributed by atoms with Crippen LogP contribution in [-0.4, -0.2) is 14.7 Å². The van der Waals surface area contributed by atoms with Gasteiger partial charge in [0.05, 0.1) is 6.26 Å². The highest BCUT2D eigenvalue weighted by Crippen LogP contribution is 2.28. The molecule has 6 heteroatoms. The summed E-state index contributed by atoms with van der Waals surface area (Å²) in [7, 11) is -3.60. The van der Waals surface area contributed by atoms with Gasteiger partial charge < -0.3 is 8.60 Å². The Morgan fingerprint density at radius 2 is 1.81 bits per heavy atom. The van der Waals surface area contributed by atoms with Gasteiger partial charge >= 0.3 is 15.7 Å². The van der Waals surface area contributed by atoms with Gasteiger partial charge in [-0.15, -0.1) is 0 Å². The van der Waals surface area contributed by atoms with E-state index in [1.54, 1.807) is 12.1 Å². The molecular formula is C15H16O5S. The third-order valence-corrected chi connectivity index (χ3v) is 4.19. The van der Waals surface area contributed by atoms with Crippen molar-refractivity contribution in [1.82, 2.24) is 0 Å². The molecule has 0 amide bonds. The van der Waals surface area contributed by atoms with Crippen LogP contribution >= 0.6 is 0 Å².